The zero-order valence-corrected chi connectivity index (χ0v) is 13.9. The van der Waals surface area contributed by atoms with Crippen LogP contribution in [0.1, 0.15) is 11.1 Å². The Bertz CT molecular complexity index is 553. The quantitative estimate of drug-likeness (QED) is 0.852. The molecule has 0 bridgehead atoms. The van der Waals surface area contributed by atoms with Crippen LogP contribution in [0.15, 0.2) is 51.4 Å². The average Bonchev–Trinajstić information content (AvgIpc) is 2.41. The molecule has 0 amide bonds. The molecule has 0 saturated carbocycles. The first-order valence-electron chi connectivity index (χ1n) is 6.04. The highest BCUT2D eigenvalue weighted by Crippen LogP contribution is 2.24. The van der Waals surface area contributed by atoms with Gasteiger partial charge in [0.1, 0.15) is 0 Å². The van der Waals surface area contributed by atoms with Crippen molar-refractivity contribution in [3.63, 3.8) is 0 Å². The van der Waals surface area contributed by atoms with Gasteiger partial charge in [-0.2, -0.15) is 0 Å². The summed E-state index contributed by atoms with van der Waals surface area (Å²) in [6, 6.07) is 14.7. The molecule has 0 spiro atoms. The van der Waals surface area contributed by atoms with Crippen molar-refractivity contribution in [2.24, 2.45) is 5.73 Å². The van der Waals surface area contributed by atoms with E-state index in [4.69, 9.17) is 5.73 Å². The Hall–Kier alpha value is -0.840. The molecule has 0 aliphatic rings. The molecule has 0 fully saturated rings. The molecule has 2 rings (SSSR count). The summed E-state index contributed by atoms with van der Waals surface area (Å²) in [5.41, 5.74) is 9.25. The van der Waals surface area contributed by atoms with Crippen LogP contribution in [0.3, 0.4) is 0 Å². The van der Waals surface area contributed by atoms with Gasteiger partial charge in [0.15, 0.2) is 0 Å². The lowest BCUT2D eigenvalue weighted by atomic mass is 10.1. The van der Waals surface area contributed by atoms with E-state index in [0.717, 1.165) is 21.1 Å². The number of nitrogens with zero attached hydrogens (tertiary/aromatic N) is 1. The third-order valence-corrected chi connectivity index (χ3v) is 4.30. The first-order valence-corrected chi connectivity index (χ1v) is 7.63. The van der Waals surface area contributed by atoms with Crippen molar-refractivity contribution in [3.8, 4) is 0 Å². The molecule has 2 N–H and O–H groups in total. The maximum absolute atomic E-state index is 5.67. The SMILES string of the molecule is CN(Cc1ccc(Br)cc1)c1ccc(CN)c(Br)c1. The summed E-state index contributed by atoms with van der Waals surface area (Å²) in [5, 5.41) is 0. The number of anilines is 1. The molecule has 2 aromatic carbocycles. The minimum atomic E-state index is 0.553. The molecule has 2 aromatic rings. The lowest BCUT2D eigenvalue weighted by Gasteiger charge is -2.20. The molecule has 0 atom stereocenters. The van der Waals surface area contributed by atoms with Gasteiger partial charge in [0.2, 0.25) is 0 Å². The highest BCUT2D eigenvalue weighted by molar-refractivity contribution is 9.10. The largest absolute Gasteiger partial charge is 0.370 e. The molecule has 0 unspecified atom stereocenters. The maximum atomic E-state index is 5.67. The number of nitrogens with two attached hydrogens (primary N) is 1. The summed E-state index contributed by atoms with van der Waals surface area (Å²) in [6.07, 6.45) is 0. The normalized spacial score (nSPS) is 10.5. The molecule has 0 aliphatic heterocycles. The Morgan fingerprint density at radius 2 is 1.74 bits per heavy atom. The molecule has 19 heavy (non-hydrogen) atoms. The second-order valence-corrected chi connectivity index (χ2v) is 6.23. The van der Waals surface area contributed by atoms with Gasteiger partial charge in [-0.05, 0) is 35.4 Å². The number of halogens is 2. The Balaban J connectivity index is 2.13. The molecule has 0 heterocycles. The first kappa shape index (κ1) is 14.6. The summed E-state index contributed by atoms with van der Waals surface area (Å²) >= 11 is 7.01. The molecular weight excluding hydrogens is 368 g/mol. The average molecular weight is 384 g/mol. The lowest BCUT2D eigenvalue weighted by Crippen LogP contribution is -2.16. The fourth-order valence-electron chi connectivity index (χ4n) is 1.89. The molecule has 2 nitrogen and oxygen atoms in total. The van der Waals surface area contributed by atoms with Gasteiger partial charge in [0.25, 0.3) is 0 Å². The molecule has 0 saturated heterocycles. The van der Waals surface area contributed by atoms with Crippen LogP contribution in [0.2, 0.25) is 0 Å². The van der Waals surface area contributed by atoms with Crippen molar-refractivity contribution in [2.75, 3.05) is 11.9 Å². The van der Waals surface area contributed by atoms with Crippen LogP contribution < -0.4 is 10.6 Å². The zero-order chi connectivity index (χ0) is 13.8. The molecular formula is C15H16Br2N2. The Labute approximate surface area is 130 Å². The number of hydrogen-bond acceptors (Lipinski definition) is 2. The van der Waals surface area contributed by atoms with Crippen LogP contribution in [0.5, 0.6) is 0 Å². The van der Waals surface area contributed by atoms with Crippen LogP contribution in [0, 0.1) is 0 Å². The van der Waals surface area contributed by atoms with Crippen LogP contribution >= 0.6 is 31.9 Å². The predicted octanol–water partition coefficient (Wildman–Crippen LogP) is 4.31. The minimum absolute atomic E-state index is 0.553. The number of benzene rings is 2. The van der Waals surface area contributed by atoms with Crippen LogP contribution in [0.4, 0.5) is 5.69 Å². The van der Waals surface area contributed by atoms with Gasteiger partial charge in [-0.25, -0.2) is 0 Å². The van der Waals surface area contributed by atoms with Gasteiger partial charge in [0, 0.05) is 34.8 Å². The third-order valence-electron chi connectivity index (χ3n) is 3.03. The van der Waals surface area contributed by atoms with Crippen LogP contribution in [-0.4, -0.2) is 7.05 Å². The van der Waals surface area contributed by atoms with Crippen molar-refractivity contribution < 1.29 is 0 Å². The van der Waals surface area contributed by atoms with E-state index in [1.807, 2.05) is 0 Å². The predicted molar refractivity (Wildman–Crippen MR) is 88.3 cm³/mol. The second kappa shape index (κ2) is 6.55. The topological polar surface area (TPSA) is 29.3 Å². The minimum Gasteiger partial charge on any atom is -0.370 e. The van der Waals surface area contributed by atoms with E-state index in [0.29, 0.717) is 6.54 Å². The van der Waals surface area contributed by atoms with Gasteiger partial charge in [-0.15, -0.1) is 0 Å². The molecule has 0 aromatic heterocycles. The van der Waals surface area contributed by atoms with Gasteiger partial charge in [0.05, 0.1) is 0 Å². The molecule has 100 valence electrons. The fraction of sp³-hybridized carbons (Fsp3) is 0.200. The Kier molecular flexibility index (Phi) is 5.02. The lowest BCUT2D eigenvalue weighted by molar-refractivity contribution is 0.920. The number of rotatable bonds is 4. The summed E-state index contributed by atoms with van der Waals surface area (Å²) < 4.78 is 2.17. The van der Waals surface area contributed by atoms with E-state index in [2.05, 4.69) is 86.3 Å². The summed E-state index contributed by atoms with van der Waals surface area (Å²) in [4.78, 5) is 2.22. The number of hydrogen-bond donors (Lipinski definition) is 1. The first-order chi connectivity index (χ1) is 9.10. The van der Waals surface area contributed by atoms with E-state index in [9.17, 15) is 0 Å². The van der Waals surface area contributed by atoms with Crippen molar-refractivity contribution in [1.29, 1.82) is 0 Å². The summed E-state index contributed by atoms with van der Waals surface area (Å²) in [6.45, 7) is 1.43. The summed E-state index contributed by atoms with van der Waals surface area (Å²) in [7, 11) is 2.09. The van der Waals surface area contributed by atoms with E-state index >= 15 is 0 Å². The Morgan fingerprint density at radius 3 is 2.32 bits per heavy atom. The van der Waals surface area contributed by atoms with Gasteiger partial charge < -0.3 is 10.6 Å². The molecule has 0 aliphatic carbocycles. The summed E-state index contributed by atoms with van der Waals surface area (Å²) in [5.74, 6) is 0. The van der Waals surface area contributed by atoms with Crippen molar-refractivity contribution in [2.45, 2.75) is 13.1 Å². The molecule has 0 radical (unpaired) electrons. The van der Waals surface area contributed by atoms with E-state index in [1.165, 1.54) is 11.3 Å². The van der Waals surface area contributed by atoms with Crippen LogP contribution in [0.25, 0.3) is 0 Å². The highest BCUT2D eigenvalue weighted by atomic mass is 79.9. The third kappa shape index (κ3) is 3.81. The van der Waals surface area contributed by atoms with E-state index in [1.54, 1.807) is 0 Å². The van der Waals surface area contributed by atoms with Gasteiger partial charge >= 0.3 is 0 Å². The second-order valence-electron chi connectivity index (χ2n) is 4.46. The van der Waals surface area contributed by atoms with Gasteiger partial charge in [-0.3, -0.25) is 0 Å². The smallest absolute Gasteiger partial charge is 0.0426 e. The molecule has 4 heteroatoms. The monoisotopic (exact) mass is 382 g/mol. The fourth-order valence-corrected chi connectivity index (χ4v) is 2.69. The van der Waals surface area contributed by atoms with Crippen molar-refractivity contribution >= 4 is 37.5 Å². The zero-order valence-electron chi connectivity index (χ0n) is 10.7. The maximum Gasteiger partial charge on any atom is 0.0426 e. The van der Waals surface area contributed by atoms with E-state index < -0.39 is 0 Å². The van der Waals surface area contributed by atoms with Crippen molar-refractivity contribution in [3.05, 3.63) is 62.5 Å². The van der Waals surface area contributed by atoms with Gasteiger partial charge in [-0.1, -0.05) is 50.1 Å². The standard InChI is InChI=1S/C15H16Br2N2/c1-19(10-11-2-5-13(16)6-3-11)14-7-4-12(9-18)15(17)8-14/h2-8H,9-10,18H2,1H3. The van der Waals surface area contributed by atoms with Crippen LogP contribution in [-0.2, 0) is 13.1 Å². The van der Waals surface area contributed by atoms with E-state index in [-0.39, 0.29) is 0 Å². The Morgan fingerprint density at radius 1 is 1.05 bits per heavy atom. The highest BCUT2D eigenvalue weighted by Gasteiger charge is 2.05. The van der Waals surface area contributed by atoms with Crippen molar-refractivity contribution in [1.82, 2.24) is 0 Å².